The number of anilines is 5. The molecule has 6 aromatic rings. The van der Waals surface area contributed by atoms with Crippen LogP contribution in [0.2, 0.25) is 0 Å². The molecule has 52 heavy (non-hydrogen) atoms. The quantitative estimate of drug-likeness (QED) is 0.166. The van der Waals surface area contributed by atoms with Crippen molar-refractivity contribution in [1.29, 1.82) is 0 Å². The number of rotatable bonds is 2. The molecule has 5 aliphatic rings. The molecule has 3 aliphatic heterocycles. The number of nitrogens with zero attached hydrogens (tertiary/aromatic N) is 2. The fraction of sp³-hybridized carbons (Fsp3) is 0.333. The minimum Gasteiger partial charge on any atom is -0.334 e. The van der Waals surface area contributed by atoms with Crippen molar-refractivity contribution >= 4 is 72.3 Å². The van der Waals surface area contributed by atoms with Crippen LogP contribution in [0, 0.1) is 0 Å². The van der Waals surface area contributed by atoms with E-state index in [1.54, 1.807) is 11.1 Å². The molecule has 0 saturated heterocycles. The molecule has 258 valence electrons. The second-order valence-electron chi connectivity index (χ2n) is 18.3. The van der Waals surface area contributed by atoms with Crippen LogP contribution in [-0.2, 0) is 16.2 Å². The lowest BCUT2D eigenvalue weighted by Crippen LogP contribution is -2.55. The van der Waals surface area contributed by atoms with Gasteiger partial charge in [-0.15, -0.1) is 11.3 Å². The Morgan fingerprint density at radius 2 is 1.27 bits per heavy atom. The number of fused-ring (bicyclic) bond motifs is 11. The van der Waals surface area contributed by atoms with Gasteiger partial charge in [-0.3, -0.25) is 0 Å². The maximum absolute atomic E-state index is 2.79. The highest BCUT2D eigenvalue weighted by molar-refractivity contribution is 7.34. The van der Waals surface area contributed by atoms with Crippen LogP contribution < -0.4 is 25.5 Å². The summed E-state index contributed by atoms with van der Waals surface area (Å²) >= 11 is 2.06. The number of benzene rings is 5. The maximum atomic E-state index is 2.79. The van der Waals surface area contributed by atoms with E-state index in [-0.39, 0.29) is 28.5 Å². The van der Waals surface area contributed by atoms with E-state index >= 15 is 0 Å². The van der Waals surface area contributed by atoms with Crippen LogP contribution in [0.4, 0.5) is 28.4 Å². The minimum atomic E-state index is -0.00766. The Morgan fingerprint density at radius 1 is 0.596 bits per heavy atom. The molecule has 5 aromatic carbocycles. The molecule has 0 radical (unpaired) electrons. The first-order valence-corrected chi connectivity index (χ1v) is 20.5. The van der Waals surface area contributed by atoms with Crippen LogP contribution >= 0.6 is 11.3 Å². The minimum absolute atomic E-state index is 0.00766. The van der Waals surface area contributed by atoms with Gasteiger partial charge in [0.15, 0.2) is 0 Å². The van der Waals surface area contributed by atoms with Crippen LogP contribution in [0.15, 0.2) is 103 Å². The Labute approximate surface area is 313 Å². The summed E-state index contributed by atoms with van der Waals surface area (Å²) in [4.78, 5) is 5.36. The number of thiophene rings is 1. The Hall–Kier alpha value is -4.28. The van der Waals surface area contributed by atoms with Crippen molar-refractivity contribution in [3.63, 3.8) is 0 Å². The second-order valence-corrected chi connectivity index (χ2v) is 19.3. The Balaban J connectivity index is 1.25. The third-order valence-corrected chi connectivity index (χ3v) is 15.9. The van der Waals surface area contributed by atoms with Gasteiger partial charge in [0.1, 0.15) is 0 Å². The van der Waals surface area contributed by atoms with Crippen molar-refractivity contribution in [2.24, 2.45) is 0 Å². The predicted octanol–water partition coefficient (Wildman–Crippen LogP) is 11.3. The summed E-state index contributed by atoms with van der Waals surface area (Å²) in [6, 6.07) is 40.1. The van der Waals surface area contributed by atoms with E-state index < -0.39 is 0 Å². The molecule has 2 aliphatic carbocycles. The Morgan fingerprint density at radius 3 is 2.06 bits per heavy atom. The highest BCUT2D eigenvalue weighted by Gasteiger charge is 2.58. The molecular formula is C48H47BN2S. The molecule has 0 spiro atoms. The maximum Gasteiger partial charge on any atom is 0.260 e. The largest absolute Gasteiger partial charge is 0.334 e. The van der Waals surface area contributed by atoms with E-state index in [4.69, 9.17) is 0 Å². The van der Waals surface area contributed by atoms with E-state index in [1.165, 1.54) is 109 Å². The lowest BCUT2D eigenvalue weighted by molar-refractivity contribution is 0.195. The topological polar surface area (TPSA) is 6.48 Å². The van der Waals surface area contributed by atoms with Gasteiger partial charge in [-0.25, -0.2) is 0 Å². The van der Waals surface area contributed by atoms with Gasteiger partial charge in [0.25, 0.3) is 6.71 Å². The van der Waals surface area contributed by atoms with Gasteiger partial charge in [-0.05, 0) is 135 Å². The number of para-hydroxylation sites is 3. The SMILES string of the molecule is CC1(C)CCC(C)(C)c2cc3c4c(sc3cc21)B1c2ccccc2N(c2ccccc2)c2cc(N3c5ccccc5C5(C)CCCCC35C)cc-4c21. The summed E-state index contributed by atoms with van der Waals surface area (Å²) in [5, 5.41) is 1.46. The van der Waals surface area contributed by atoms with Gasteiger partial charge >= 0.3 is 0 Å². The Bertz CT molecular complexity index is 2490. The average Bonchev–Trinajstić information content (AvgIpc) is 3.74. The summed E-state index contributed by atoms with van der Waals surface area (Å²) in [5.74, 6) is 0. The molecule has 2 atom stereocenters. The summed E-state index contributed by atoms with van der Waals surface area (Å²) in [6.07, 6.45) is 7.46. The molecular weight excluding hydrogens is 647 g/mol. The molecule has 0 N–H and O–H groups in total. The van der Waals surface area contributed by atoms with Crippen molar-refractivity contribution in [1.82, 2.24) is 0 Å². The highest BCUT2D eigenvalue weighted by Crippen LogP contribution is 2.61. The normalized spacial score (nSPS) is 24.2. The first kappa shape index (κ1) is 31.3. The van der Waals surface area contributed by atoms with Gasteiger partial charge in [0.05, 0.1) is 5.54 Å². The van der Waals surface area contributed by atoms with Crippen LogP contribution in [0.3, 0.4) is 0 Å². The van der Waals surface area contributed by atoms with Gasteiger partial charge in [0.2, 0.25) is 0 Å². The van der Waals surface area contributed by atoms with Crippen molar-refractivity contribution in [2.45, 2.75) is 102 Å². The number of hydrogen-bond donors (Lipinski definition) is 0. The fourth-order valence-corrected chi connectivity index (χ4v) is 12.9. The van der Waals surface area contributed by atoms with Gasteiger partial charge in [-0.1, -0.05) is 102 Å². The zero-order chi connectivity index (χ0) is 35.4. The fourth-order valence-electron chi connectivity index (χ4n) is 11.6. The molecule has 0 bridgehead atoms. The van der Waals surface area contributed by atoms with E-state index in [2.05, 4.69) is 166 Å². The van der Waals surface area contributed by atoms with E-state index in [0.29, 0.717) is 0 Å². The summed E-state index contributed by atoms with van der Waals surface area (Å²) < 4.78 is 2.98. The summed E-state index contributed by atoms with van der Waals surface area (Å²) in [5.41, 5.74) is 17.5. The van der Waals surface area contributed by atoms with Crippen molar-refractivity contribution < 1.29 is 0 Å². The van der Waals surface area contributed by atoms with Crippen LogP contribution in [-0.4, -0.2) is 12.3 Å². The molecule has 4 heterocycles. The molecule has 1 saturated carbocycles. The average molecular weight is 695 g/mol. The molecule has 11 rings (SSSR count). The Kier molecular flexibility index (Phi) is 6.15. The molecule has 1 aromatic heterocycles. The van der Waals surface area contributed by atoms with Crippen LogP contribution in [0.5, 0.6) is 0 Å². The lowest BCUT2D eigenvalue weighted by Gasteiger charge is -2.50. The van der Waals surface area contributed by atoms with Crippen molar-refractivity contribution in [3.8, 4) is 11.1 Å². The standard InChI is InChI=1S/C48H47BN2S/c1-45(2)24-25-46(3,4)36-29-41-32(28-35(36)45)42-33-26-31(51-38-20-12-10-18-34(38)47(5)22-14-15-23-48(47,51)6)27-40-43(33)49(44(42)52-41)37-19-11-13-21-39(37)50(40)30-16-8-7-9-17-30/h7-13,16-21,26-29H,14-15,22-25H2,1-6H3. The molecule has 1 fully saturated rings. The van der Waals surface area contributed by atoms with Gasteiger partial charge in [-0.2, -0.15) is 0 Å². The predicted molar refractivity (Wildman–Crippen MR) is 225 cm³/mol. The molecule has 0 amide bonds. The smallest absolute Gasteiger partial charge is 0.260 e. The third kappa shape index (κ3) is 3.82. The van der Waals surface area contributed by atoms with E-state index in [9.17, 15) is 0 Å². The summed E-state index contributed by atoms with van der Waals surface area (Å²) in [7, 11) is 0. The second kappa shape index (κ2) is 10.2. The van der Waals surface area contributed by atoms with Crippen molar-refractivity contribution in [2.75, 3.05) is 9.80 Å². The zero-order valence-corrected chi connectivity index (χ0v) is 32.3. The molecule has 4 heteroatoms. The van der Waals surface area contributed by atoms with Crippen LogP contribution in [0.25, 0.3) is 21.2 Å². The first-order chi connectivity index (χ1) is 25.0. The van der Waals surface area contributed by atoms with E-state index in [1.807, 2.05) is 0 Å². The highest BCUT2D eigenvalue weighted by atomic mass is 32.1. The van der Waals surface area contributed by atoms with Gasteiger partial charge < -0.3 is 9.80 Å². The van der Waals surface area contributed by atoms with Crippen LogP contribution in [0.1, 0.15) is 96.8 Å². The molecule has 2 nitrogen and oxygen atoms in total. The monoisotopic (exact) mass is 694 g/mol. The lowest BCUT2D eigenvalue weighted by atomic mass is 9.39. The third-order valence-electron chi connectivity index (χ3n) is 14.7. The molecule has 2 unspecified atom stereocenters. The van der Waals surface area contributed by atoms with Crippen molar-refractivity contribution in [3.05, 3.63) is 120 Å². The zero-order valence-electron chi connectivity index (χ0n) is 31.4. The van der Waals surface area contributed by atoms with E-state index in [0.717, 1.165) is 0 Å². The number of hydrogen-bond acceptors (Lipinski definition) is 3. The first-order valence-electron chi connectivity index (χ1n) is 19.7. The van der Waals surface area contributed by atoms with Gasteiger partial charge in [0, 0.05) is 43.9 Å². The summed E-state index contributed by atoms with van der Waals surface area (Å²) in [6.45, 7) is 15.2.